The number of piperazine rings is 1. The summed E-state index contributed by atoms with van der Waals surface area (Å²) in [5.74, 6) is 2.73. The van der Waals surface area contributed by atoms with Crippen LogP contribution in [0, 0.1) is 6.92 Å². The van der Waals surface area contributed by atoms with Crippen molar-refractivity contribution in [2.45, 2.75) is 26.7 Å². The van der Waals surface area contributed by atoms with Gasteiger partial charge in [0.2, 0.25) is 0 Å². The monoisotopic (exact) mass is 354 g/mol. The van der Waals surface area contributed by atoms with Crippen LogP contribution < -0.4 is 4.90 Å². The SMILES string of the molecule is Cc1oc(C(C)C)cc1C(=O)N1CCN(c2ccc3nncn3n2)CC1. The number of furan rings is 1. The normalized spacial score (nSPS) is 15.2. The van der Waals surface area contributed by atoms with Gasteiger partial charge in [-0.25, -0.2) is 0 Å². The van der Waals surface area contributed by atoms with E-state index in [0.29, 0.717) is 24.4 Å². The summed E-state index contributed by atoms with van der Waals surface area (Å²) in [4.78, 5) is 16.9. The molecule has 0 bridgehead atoms. The van der Waals surface area contributed by atoms with Gasteiger partial charge in [-0.15, -0.1) is 15.3 Å². The lowest BCUT2D eigenvalue weighted by molar-refractivity contribution is 0.0744. The van der Waals surface area contributed by atoms with Crippen LogP contribution in [0.3, 0.4) is 0 Å². The van der Waals surface area contributed by atoms with Crippen LogP contribution >= 0.6 is 0 Å². The zero-order valence-corrected chi connectivity index (χ0v) is 15.2. The average molecular weight is 354 g/mol. The van der Waals surface area contributed by atoms with Crippen molar-refractivity contribution in [3.05, 3.63) is 41.6 Å². The number of nitrogens with zero attached hydrogens (tertiary/aromatic N) is 6. The molecule has 3 aromatic heterocycles. The Hall–Kier alpha value is -2.90. The van der Waals surface area contributed by atoms with E-state index >= 15 is 0 Å². The summed E-state index contributed by atoms with van der Waals surface area (Å²) in [6, 6.07) is 5.72. The van der Waals surface area contributed by atoms with Gasteiger partial charge in [0.05, 0.1) is 5.56 Å². The van der Waals surface area contributed by atoms with Crippen molar-refractivity contribution in [1.29, 1.82) is 0 Å². The molecular formula is C18H22N6O2. The van der Waals surface area contributed by atoms with Crippen LogP contribution in [-0.4, -0.2) is 56.8 Å². The molecule has 1 aliphatic rings. The van der Waals surface area contributed by atoms with Crippen LogP contribution in [0.2, 0.25) is 0 Å². The zero-order chi connectivity index (χ0) is 18.3. The van der Waals surface area contributed by atoms with Gasteiger partial charge in [-0.3, -0.25) is 4.79 Å². The Balaban J connectivity index is 1.45. The first-order valence-corrected chi connectivity index (χ1v) is 8.84. The first-order chi connectivity index (χ1) is 12.5. The Morgan fingerprint density at radius 3 is 2.65 bits per heavy atom. The van der Waals surface area contributed by atoms with Crippen molar-refractivity contribution in [2.75, 3.05) is 31.1 Å². The molecule has 0 atom stereocenters. The molecule has 0 spiro atoms. The van der Waals surface area contributed by atoms with Gasteiger partial charge < -0.3 is 14.2 Å². The molecule has 1 amide bonds. The van der Waals surface area contributed by atoms with Gasteiger partial charge in [0.15, 0.2) is 5.65 Å². The van der Waals surface area contributed by atoms with E-state index in [9.17, 15) is 4.79 Å². The van der Waals surface area contributed by atoms with Gasteiger partial charge in [-0.1, -0.05) is 13.8 Å². The second-order valence-corrected chi connectivity index (χ2v) is 6.88. The molecular weight excluding hydrogens is 332 g/mol. The summed E-state index contributed by atoms with van der Waals surface area (Å²) in [5.41, 5.74) is 1.39. The maximum atomic E-state index is 12.9. The fraction of sp³-hybridized carbons (Fsp3) is 0.444. The Kier molecular flexibility index (Phi) is 4.10. The zero-order valence-electron chi connectivity index (χ0n) is 15.2. The summed E-state index contributed by atoms with van der Waals surface area (Å²) in [5, 5.41) is 12.3. The summed E-state index contributed by atoms with van der Waals surface area (Å²) in [7, 11) is 0. The minimum Gasteiger partial charge on any atom is -0.465 e. The van der Waals surface area contributed by atoms with Crippen molar-refractivity contribution in [3.8, 4) is 0 Å². The first kappa shape index (κ1) is 16.6. The molecule has 0 unspecified atom stereocenters. The molecule has 136 valence electrons. The second-order valence-electron chi connectivity index (χ2n) is 6.88. The van der Waals surface area contributed by atoms with E-state index < -0.39 is 0 Å². The van der Waals surface area contributed by atoms with Gasteiger partial charge in [-0.2, -0.15) is 4.52 Å². The number of rotatable bonds is 3. The molecule has 0 saturated carbocycles. The Morgan fingerprint density at radius 2 is 1.96 bits per heavy atom. The largest absolute Gasteiger partial charge is 0.465 e. The number of hydrogen-bond acceptors (Lipinski definition) is 6. The van der Waals surface area contributed by atoms with Crippen molar-refractivity contribution < 1.29 is 9.21 Å². The van der Waals surface area contributed by atoms with Crippen molar-refractivity contribution >= 4 is 17.4 Å². The molecule has 3 aromatic rings. The van der Waals surface area contributed by atoms with E-state index in [1.54, 1.807) is 10.8 Å². The van der Waals surface area contributed by atoms with Crippen LogP contribution in [0.4, 0.5) is 5.82 Å². The summed E-state index contributed by atoms with van der Waals surface area (Å²) in [6.45, 7) is 8.76. The average Bonchev–Trinajstić information content (AvgIpc) is 3.27. The molecule has 1 aliphatic heterocycles. The quantitative estimate of drug-likeness (QED) is 0.717. The number of carbonyl (C=O) groups excluding carboxylic acids is 1. The lowest BCUT2D eigenvalue weighted by Crippen LogP contribution is -2.49. The molecule has 4 rings (SSSR count). The molecule has 26 heavy (non-hydrogen) atoms. The van der Waals surface area contributed by atoms with Gasteiger partial charge in [0.1, 0.15) is 23.7 Å². The highest BCUT2D eigenvalue weighted by Gasteiger charge is 2.26. The van der Waals surface area contributed by atoms with Crippen LogP contribution in [0.1, 0.15) is 41.6 Å². The van der Waals surface area contributed by atoms with Crippen LogP contribution in [0.25, 0.3) is 5.65 Å². The third-order valence-corrected chi connectivity index (χ3v) is 4.77. The molecule has 1 fully saturated rings. The highest BCUT2D eigenvalue weighted by Crippen LogP contribution is 2.24. The summed E-state index contributed by atoms with van der Waals surface area (Å²) < 4.78 is 7.39. The molecule has 0 N–H and O–H groups in total. The molecule has 0 aliphatic carbocycles. The number of amides is 1. The van der Waals surface area contributed by atoms with Crippen molar-refractivity contribution in [3.63, 3.8) is 0 Å². The highest BCUT2D eigenvalue weighted by molar-refractivity contribution is 5.95. The smallest absolute Gasteiger partial charge is 0.257 e. The Morgan fingerprint density at radius 1 is 1.19 bits per heavy atom. The number of carbonyl (C=O) groups is 1. The van der Waals surface area contributed by atoms with Crippen LogP contribution in [0.15, 0.2) is 28.9 Å². The lowest BCUT2D eigenvalue weighted by Gasteiger charge is -2.35. The highest BCUT2D eigenvalue weighted by atomic mass is 16.3. The minimum atomic E-state index is 0.0417. The van der Waals surface area contributed by atoms with E-state index in [4.69, 9.17) is 4.42 Å². The van der Waals surface area contributed by atoms with E-state index in [2.05, 4.69) is 34.0 Å². The maximum Gasteiger partial charge on any atom is 0.257 e. The predicted octanol–water partition coefficient (Wildman–Crippen LogP) is 2.11. The maximum absolute atomic E-state index is 12.9. The Labute approximate surface area is 151 Å². The topological polar surface area (TPSA) is 79.8 Å². The fourth-order valence-corrected chi connectivity index (χ4v) is 3.20. The van der Waals surface area contributed by atoms with Gasteiger partial charge >= 0.3 is 0 Å². The number of anilines is 1. The predicted molar refractivity (Wildman–Crippen MR) is 96.4 cm³/mol. The number of aryl methyl sites for hydroxylation is 1. The van der Waals surface area contributed by atoms with E-state index in [-0.39, 0.29) is 11.8 Å². The van der Waals surface area contributed by atoms with Crippen molar-refractivity contribution in [2.24, 2.45) is 0 Å². The molecule has 0 radical (unpaired) electrons. The summed E-state index contributed by atoms with van der Waals surface area (Å²) >= 11 is 0. The number of fused-ring (bicyclic) bond motifs is 1. The third-order valence-electron chi connectivity index (χ3n) is 4.77. The molecule has 1 saturated heterocycles. The summed E-state index contributed by atoms with van der Waals surface area (Å²) in [6.07, 6.45) is 1.59. The van der Waals surface area contributed by atoms with E-state index in [1.807, 2.05) is 30.0 Å². The standard InChI is InChI=1S/C18H22N6O2/c1-12(2)15-10-14(13(3)26-15)18(25)23-8-6-22(7-9-23)17-5-4-16-20-19-11-24(16)21-17/h4-5,10-12H,6-9H2,1-3H3. The lowest BCUT2D eigenvalue weighted by atomic mass is 10.1. The minimum absolute atomic E-state index is 0.0417. The van der Waals surface area contributed by atoms with Gasteiger partial charge in [0.25, 0.3) is 5.91 Å². The molecule has 0 aromatic carbocycles. The van der Waals surface area contributed by atoms with Gasteiger partial charge in [-0.05, 0) is 25.1 Å². The molecule has 8 heteroatoms. The van der Waals surface area contributed by atoms with E-state index in [1.165, 1.54) is 0 Å². The Bertz CT molecular complexity index is 936. The van der Waals surface area contributed by atoms with Crippen LogP contribution in [0.5, 0.6) is 0 Å². The van der Waals surface area contributed by atoms with Crippen LogP contribution in [-0.2, 0) is 0 Å². The molecule has 4 heterocycles. The second kappa shape index (κ2) is 6.44. The first-order valence-electron chi connectivity index (χ1n) is 8.84. The fourth-order valence-electron chi connectivity index (χ4n) is 3.20. The third kappa shape index (κ3) is 2.91. The molecule has 8 nitrogen and oxygen atoms in total. The van der Waals surface area contributed by atoms with Gasteiger partial charge in [0, 0.05) is 32.1 Å². The number of aromatic nitrogens is 4. The number of hydrogen-bond donors (Lipinski definition) is 0. The van der Waals surface area contributed by atoms with Crippen molar-refractivity contribution in [1.82, 2.24) is 24.7 Å². The van der Waals surface area contributed by atoms with E-state index in [0.717, 1.165) is 30.3 Å².